The molecule has 0 aliphatic heterocycles. The Kier molecular flexibility index (Phi) is 4.31. The van der Waals surface area contributed by atoms with Gasteiger partial charge in [0, 0.05) is 18.3 Å². The summed E-state index contributed by atoms with van der Waals surface area (Å²) in [5, 5.41) is 9.37. The molecule has 1 amide bonds. The van der Waals surface area contributed by atoms with Crippen LogP contribution >= 0.6 is 0 Å². The van der Waals surface area contributed by atoms with Gasteiger partial charge < -0.3 is 15.7 Å². The van der Waals surface area contributed by atoms with Gasteiger partial charge in [-0.25, -0.2) is 0 Å². The lowest BCUT2D eigenvalue weighted by molar-refractivity contribution is -0.119. The van der Waals surface area contributed by atoms with E-state index < -0.39 is 6.04 Å². The number of aromatic hydroxyl groups is 1. The maximum atomic E-state index is 11.9. The summed E-state index contributed by atoms with van der Waals surface area (Å²) in [6.45, 7) is 4.29. The van der Waals surface area contributed by atoms with E-state index in [0.29, 0.717) is 18.7 Å². The van der Waals surface area contributed by atoms with Crippen LogP contribution in [-0.4, -0.2) is 23.6 Å². The molecule has 1 rings (SSSR count). The molecule has 88 valence electrons. The monoisotopic (exact) mass is 222 g/mol. The molecule has 0 radical (unpaired) electrons. The Labute approximate surface area is 95.7 Å². The summed E-state index contributed by atoms with van der Waals surface area (Å²) in [4.78, 5) is 13.5. The van der Waals surface area contributed by atoms with Crippen LogP contribution in [0.3, 0.4) is 0 Å². The average Bonchev–Trinajstić information content (AvgIpc) is 2.29. The molecule has 1 aromatic carbocycles. The molecule has 16 heavy (non-hydrogen) atoms. The Morgan fingerprint density at radius 1 is 1.50 bits per heavy atom. The highest BCUT2D eigenvalue weighted by Gasteiger charge is 2.19. The van der Waals surface area contributed by atoms with Crippen LogP contribution < -0.4 is 10.6 Å². The molecule has 0 unspecified atom stereocenters. The maximum Gasteiger partial charge on any atom is 0.243 e. The van der Waals surface area contributed by atoms with E-state index in [1.165, 1.54) is 0 Å². The van der Waals surface area contributed by atoms with E-state index in [1.807, 2.05) is 13.8 Å². The first kappa shape index (κ1) is 12.5. The number of rotatable bonds is 4. The maximum absolute atomic E-state index is 11.9. The second kappa shape index (κ2) is 5.51. The highest BCUT2D eigenvalue weighted by Crippen LogP contribution is 2.20. The van der Waals surface area contributed by atoms with Gasteiger partial charge in [0.05, 0.1) is 6.04 Å². The fraction of sp³-hybridized carbons (Fsp3) is 0.417. The van der Waals surface area contributed by atoms with Gasteiger partial charge in [-0.1, -0.05) is 13.0 Å². The van der Waals surface area contributed by atoms with Crippen LogP contribution in [0, 0.1) is 0 Å². The van der Waals surface area contributed by atoms with Crippen molar-refractivity contribution in [2.24, 2.45) is 5.73 Å². The van der Waals surface area contributed by atoms with E-state index in [0.717, 1.165) is 0 Å². The minimum Gasteiger partial charge on any atom is -0.508 e. The van der Waals surface area contributed by atoms with Gasteiger partial charge in [0.2, 0.25) is 5.91 Å². The lowest BCUT2D eigenvalue weighted by Crippen LogP contribution is -2.43. The third-order valence-corrected chi connectivity index (χ3v) is 2.48. The molecule has 0 fully saturated rings. The van der Waals surface area contributed by atoms with Crippen molar-refractivity contribution < 1.29 is 9.90 Å². The number of likely N-dealkylation sites (N-methyl/N-ethyl adjacent to an activating group) is 1. The Bertz CT molecular complexity index is 366. The molecule has 0 spiro atoms. The fourth-order valence-electron chi connectivity index (χ4n) is 1.50. The van der Waals surface area contributed by atoms with Gasteiger partial charge in [-0.15, -0.1) is 0 Å². The molecular weight excluding hydrogens is 204 g/mol. The summed E-state index contributed by atoms with van der Waals surface area (Å²) in [6.07, 6.45) is 0.605. The van der Waals surface area contributed by atoms with Crippen molar-refractivity contribution >= 4 is 11.6 Å². The molecule has 0 aliphatic rings. The van der Waals surface area contributed by atoms with Crippen molar-refractivity contribution in [1.82, 2.24) is 0 Å². The number of amides is 1. The molecule has 1 atom stereocenters. The van der Waals surface area contributed by atoms with Crippen molar-refractivity contribution in [3.63, 3.8) is 0 Å². The zero-order valence-corrected chi connectivity index (χ0v) is 9.68. The second-order valence-electron chi connectivity index (χ2n) is 3.62. The molecule has 0 aromatic heterocycles. The largest absolute Gasteiger partial charge is 0.508 e. The first-order valence-corrected chi connectivity index (χ1v) is 5.46. The highest BCUT2D eigenvalue weighted by atomic mass is 16.3. The second-order valence-corrected chi connectivity index (χ2v) is 3.62. The number of phenols is 1. The molecule has 1 aromatic rings. The molecule has 0 aliphatic carbocycles. The number of hydrogen-bond donors (Lipinski definition) is 2. The van der Waals surface area contributed by atoms with Crippen molar-refractivity contribution in [2.75, 3.05) is 11.4 Å². The smallest absolute Gasteiger partial charge is 0.243 e. The SMILES string of the molecule is CC[C@@H](N)C(=O)N(CC)c1cccc(O)c1. The van der Waals surface area contributed by atoms with Crippen molar-refractivity contribution in [2.45, 2.75) is 26.3 Å². The topological polar surface area (TPSA) is 66.6 Å². The van der Waals surface area contributed by atoms with Crippen LogP contribution in [-0.2, 0) is 4.79 Å². The van der Waals surface area contributed by atoms with E-state index in [4.69, 9.17) is 5.73 Å². The molecule has 0 saturated heterocycles. The molecule has 0 heterocycles. The summed E-state index contributed by atoms with van der Waals surface area (Å²) < 4.78 is 0. The van der Waals surface area contributed by atoms with Crippen molar-refractivity contribution in [3.8, 4) is 5.75 Å². The van der Waals surface area contributed by atoms with Crippen LogP contribution in [0.25, 0.3) is 0 Å². The van der Waals surface area contributed by atoms with Crippen LogP contribution in [0.4, 0.5) is 5.69 Å². The lowest BCUT2D eigenvalue weighted by Gasteiger charge is -2.24. The first-order chi connectivity index (χ1) is 7.60. The van der Waals surface area contributed by atoms with E-state index in [-0.39, 0.29) is 11.7 Å². The Balaban J connectivity index is 2.94. The van der Waals surface area contributed by atoms with Crippen LogP contribution in [0.15, 0.2) is 24.3 Å². The summed E-state index contributed by atoms with van der Waals surface area (Å²) in [6, 6.07) is 6.13. The minimum atomic E-state index is -0.484. The third kappa shape index (κ3) is 2.73. The molecule has 4 nitrogen and oxygen atoms in total. The van der Waals surface area contributed by atoms with Gasteiger partial charge in [0.1, 0.15) is 5.75 Å². The molecule has 0 saturated carbocycles. The van der Waals surface area contributed by atoms with E-state index >= 15 is 0 Å². The summed E-state index contributed by atoms with van der Waals surface area (Å²) in [5.74, 6) is 0.0319. The Hall–Kier alpha value is -1.55. The van der Waals surface area contributed by atoms with Gasteiger partial charge in [0.15, 0.2) is 0 Å². The van der Waals surface area contributed by atoms with Gasteiger partial charge >= 0.3 is 0 Å². The minimum absolute atomic E-state index is 0.115. The predicted molar refractivity (Wildman–Crippen MR) is 64.4 cm³/mol. The number of carbonyl (C=O) groups excluding carboxylic acids is 1. The Morgan fingerprint density at radius 3 is 2.69 bits per heavy atom. The number of nitrogens with zero attached hydrogens (tertiary/aromatic N) is 1. The number of hydrogen-bond acceptors (Lipinski definition) is 3. The van der Waals surface area contributed by atoms with Gasteiger partial charge in [-0.3, -0.25) is 4.79 Å². The molecular formula is C12H18N2O2. The van der Waals surface area contributed by atoms with Gasteiger partial charge in [-0.2, -0.15) is 0 Å². The zero-order chi connectivity index (χ0) is 12.1. The molecule has 0 bridgehead atoms. The van der Waals surface area contributed by atoms with Gasteiger partial charge in [-0.05, 0) is 25.5 Å². The number of phenolic OH excluding ortho intramolecular Hbond substituents is 1. The normalized spacial score (nSPS) is 12.2. The van der Waals surface area contributed by atoms with Crippen LogP contribution in [0.5, 0.6) is 5.75 Å². The average molecular weight is 222 g/mol. The fourth-order valence-corrected chi connectivity index (χ4v) is 1.50. The number of anilines is 1. The number of carbonyl (C=O) groups is 1. The standard InChI is InChI=1S/C12H18N2O2/c1-3-11(13)12(16)14(4-2)9-6-5-7-10(15)8-9/h5-8,11,15H,3-4,13H2,1-2H3/t11-/m1/s1. The number of benzene rings is 1. The zero-order valence-electron chi connectivity index (χ0n) is 9.68. The predicted octanol–water partition coefficient (Wildman–Crippen LogP) is 1.48. The third-order valence-electron chi connectivity index (χ3n) is 2.48. The summed E-state index contributed by atoms with van der Waals surface area (Å²) >= 11 is 0. The van der Waals surface area contributed by atoms with Crippen molar-refractivity contribution in [3.05, 3.63) is 24.3 Å². The van der Waals surface area contributed by atoms with E-state index in [1.54, 1.807) is 29.2 Å². The van der Waals surface area contributed by atoms with Crippen LogP contribution in [0.1, 0.15) is 20.3 Å². The van der Waals surface area contributed by atoms with Crippen LogP contribution in [0.2, 0.25) is 0 Å². The summed E-state index contributed by atoms with van der Waals surface area (Å²) in [7, 11) is 0. The first-order valence-electron chi connectivity index (χ1n) is 5.46. The number of nitrogens with two attached hydrogens (primary N) is 1. The highest BCUT2D eigenvalue weighted by molar-refractivity contribution is 5.97. The van der Waals surface area contributed by atoms with E-state index in [2.05, 4.69) is 0 Å². The van der Waals surface area contributed by atoms with E-state index in [9.17, 15) is 9.90 Å². The molecule has 3 N–H and O–H groups in total. The van der Waals surface area contributed by atoms with Crippen molar-refractivity contribution in [1.29, 1.82) is 0 Å². The quantitative estimate of drug-likeness (QED) is 0.811. The summed E-state index contributed by atoms with van der Waals surface area (Å²) in [5.41, 5.74) is 6.39. The van der Waals surface area contributed by atoms with Gasteiger partial charge in [0.25, 0.3) is 0 Å². The lowest BCUT2D eigenvalue weighted by atomic mass is 10.2. The Morgan fingerprint density at radius 2 is 2.19 bits per heavy atom. The molecule has 4 heteroatoms.